The van der Waals surface area contributed by atoms with Gasteiger partial charge >= 0.3 is 0 Å². The lowest BCUT2D eigenvalue weighted by Crippen LogP contribution is -2.22. The van der Waals surface area contributed by atoms with Gasteiger partial charge in [0.2, 0.25) is 0 Å². The molecule has 3 nitrogen and oxygen atoms in total. The Hall–Kier alpha value is -0.830. The van der Waals surface area contributed by atoms with Gasteiger partial charge in [0.1, 0.15) is 0 Å². The molecule has 1 heterocycles. The molecule has 0 saturated heterocycles. The van der Waals surface area contributed by atoms with Crippen molar-refractivity contribution in [2.75, 3.05) is 0 Å². The summed E-state index contributed by atoms with van der Waals surface area (Å²) < 4.78 is 2.12. The maximum Gasteiger partial charge on any atom is 0.0641 e. The van der Waals surface area contributed by atoms with Crippen LogP contribution in [0.2, 0.25) is 0 Å². The minimum Gasteiger partial charge on any atom is -0.310 e. The van der Waals surface area contributed by atoms with Crippen LogP contribution in [0.3, 0.4) is 0 Å². The Morgan fingerprint density at radius 2 is 2.00 bits per heavy atom. The van der Waals surface area contributed by atoms with E-state index in [2.05, 4.69) is 49.7 Å². The van der Waals surface area contributed by atoms with Crippen LogP contribution in [0.5, 0.6) is 0 Å². The minimum atomic E-state index is 0.526. The molecule has 3 heteroatoms. The third-order valence-electron chi connectivity index (χ3n) is 2.65. The number of hydrogen-bond donors (Lipinski definition) is 1. The van der Waals surface area contributed by atoms with Gasteiger partial charge in [0.05, 0.1) is 5.69 Å². The number of nitrogens with zero attached hydrogens (tertiary/aromatic N) is 2. The van der Waals surface area contributed by atoms with Crippen LogP contribution in [0.15, 0.2) is 0 Å². The van der Waals surface area contributed by atoms with Gasteiger partial charge in [-0.15, -0.1) is 0 Å². The second-order valence-corrected chi connectivity index (χ2v) is 4.41. The van der Waals surface area contributed by atoms with Gasteiger partial charge in [0.15, 0.2) is 0 Å². The summed E-state index contributed by atoms with van der Waals surface area (Å²) in [6, 6.07) is 0.526. The van der Waals surface area contributed by atoms with Gasteiger partial charge in [0, 0.05) is 30.4 Å². The fraction of sp³-hybridized carbons (Fsp3) is 0.750. The first-order chi connectivity index (χ1) is 7.06. The predicted molar refractivity (Wildman–Crippen MR) is 64.0 cm³/mol. The van der Waals surface area contributed by atoms with E-state index in [0.29, 0.717) is 6.04 Å². The van der Waals surface area contributed by atoms with E-state index in [1.165, 1.54) is 11.3 Å². The first-order valence-electron chi connectivity index (χ1n) is 5.82. The molecule has 1 aromatic rings. The molecule has 0 aliphatic carbocycles. The van der Waals surface area contributed by atoms with Crippen LogP contribution in [-0.4, -0.2) is 15.8 Å². The number of aryl methyl sites for hydroxylation is 2. The van der Waals surface area contributed by atoms with Crippen LogP contribution in [0.25, 0.3) is 0 Å². The third-order valence-corrected chi connectivity index (χ3v) is 2.65. The normalized spacial score (nSPS) is 11.3. The molecule has 0 fully saturated rings. The Morgan fingerprint density at radius 3 is 2.53 bits per heavy atom. The molecule has 15 heavy (non-hydrogen) atoms. The summed E-state index contributed by atoms with van der Waals surface area (Å²) >= 11 is 0. The van der Waals surface area contributed by atoms with Crippen LogP contribution in [0.1, 0.15) is 44.1 Å². The van der Waals surface area contributed by atoms with Gasteiger partial charge in [-0.2, -0.15) is 5.10 Å². The summed E-state index contributed by atoms with van der Waals surface area (Å²) in [5.74, 6) is 0. The van der Waals surface area contributed by atoms with Crippen molar-refractivity contribution >= 4 is 0 Å². The standard InChI is InChI=1S/C12H23N3/c1-6-7-15-11(5)12(10(4)14-15)8-13-9(2)3/h9,13H,6-8H2,1-5H3. The summed E-state index contributed by atoms with van der Waals surface area (Å²) in [5.41, 5.74) is 3.83. The second-order valence-electron chi connectivity index (χ2n) is 4.41. The smallest absolute Gasteiger partial charge is 0.0641 e. The molecule has 0 aromatic carbocycles. The summed E-state index contributed by atoms with van der Waals surface area (Å²) in [6.45, 7) is 12.7. The molecule has 0 saturated carbocycles. The first kappa shape index (κ1) is 12.2. The highest BCUT2D eigenvalue weighted by Gasteiger charge is 2.10. The summed E-state index contributed by atoms with van der Waals surface area (Å²) in [6.07, 6.45) is 1.14. The molecule has 1 rings (SSSR count). The molecule has 0 atom stereocenters. The highest BCUT2D eigenvalue weighted by atomic mass is 15.3. The topological polar surface area (TPSA) is 29.9 Å². The molecule has 1 aromatic heterocycles. The minimum absolute atomic E-state index is 0.526. The first-order valence-corrected chi connectivity index (χ1v) is 5.82. The zero-order valence-corrected chi connectivity index (χ0v) is 10.6. The number of nitrogens with one attached hydrogen (secondary N) is 1. The molecule has 0 unspecified atom stereocenters. The van der Waals surface area contributed by atoms with E-state index < -0.39 is 0 Å². The van der Waals surface area contributed by atoms with E-state index in [4.69, 9.17) is 0 Å². The Bertz CT molecular complexity index is 313. The lowest BCUT2D eigenvalue weighted by Gasteiger charge is -2.08. The van der Waals surface area contributed by atoms with Gasteiger partial charge < -0.3 is 5.32 Å². The highest BCUT2D eigenvalue weighted by molar-refractivity contribution is 5.24. The lowest BCUT2D eigenvalue weighted by atomic mass is 10.2. The van der Waals surface area contributed by atoms with E-state index in [-0.39, 0.29) is 0 Å². The maximum absolute atomic E-state index is 4.55. The number of aromatic nitrogens is 2. The van der Waals surface area contributed by atoms with Crippen molar-refractivity contribution in [2.45, 2.75) is 60.2 Å². The van der Waals surface area contributed by atoms with Crippen LogP contribution < -0.4 is 5.32 Å². The van der Waals surface area contributed by atoms with E-state index >= 15 is 0 Å². The SMILES string of the molecule is CCCn1nc(C)c(CNC(C)C)c1C. The summed E-state index contributed by atoms with van der Waals surface area (Å²) in [5, 5.41) is 8.00. The molecular weight excluding hydrogens is 186 g/mol. The van der Waals surface area contributed by atoms with Gasteiger partial charge in [-0.25, -0.2) is 0 Å². The average Bonchev–Trinajstić information content (AvgIpc) is 2.40. The van der Waals surface area contributed by atoms with Crippen molar-refractivity contribution in [1.29, 1.82) is 0 Å². The van der Waals surface area contributed by atoms with E-state index in [9.17, 15) is 0 Å². The monoisotopic (exact) mass is 209 g/mol. The van der Waals surface area contributed by atoms with Crippen LogP contribution in [0.4, 0.5) is 0 Å². The van der Waals surface area contributed by atoms with Crippen molar-refractivity contribution in [1.82, 2.24) is 15.1 Å². The van der Waals surface area contributed by atoms with Crippen molar-refractivity contribution in [3.05, 3.63) is 17.0 Å². The van der Waals surface area contributed by atoms with Crippen molar-refractivity contribution in [3.8, 4) is 0 Å². The molecule has 0 amide bonds. The third kappa shape index (κ3) is 3.06. The van der Waals surface area contributed by atoms with Gasteiger partial charge in [-0.1, -0.05) is 20.8 Å². The number of hydrogen-bond acceptors (Lipinski definition) is 2. The van der Waals surface area contributed by atoms with Crippen molar-refractivity contribution in [2.24, 2.45) is 0 Å². The zero-order chi connectivity index (χ0) is 11.4. The van der Waals surface area contributed by atoms with Crippen LogP contribution >= 0.6 is 0 Å². The Labute approximate surface area is 92.9 Å². The molecular formula is C12H23N3. The van der Waals surface area contributed by atoms with Crippen molar-refractivity contribution < 1.29 is 0 Å². The fourth-order valence-electron chi connectivity index (χ4n) is 1.73. The lowest BCUT2D eigenvalue weighted by molar-refractivity contribution is 0.573. The highest BCUT2D eigenvalue weighted by Crippen LogP contribution is 2.13. The van der Waals surface area contributed by atoms with Crippen molar-refractivity contribution in [3.63, 3.8) is 0 Å². The molecule has 0 bridgehead atoms. The molecule has 0 spiro atoms. The fourth-order valence-corrected chi connectivity index (χ4v) is 1.73. The molecule has 0 aliphatic heterocycles. The Kier molecular flexibility index (Phi) is 4.33. The van der Waals surface area contributed by atoms with E-state index in [0.717, 1.165) is 25.2 Å². The number of rotatable bonds is 5. The summed E-state index contributed by atoms with van der Waals surface area (Å²) in [4.78, 5) is 0. The molecule has 86 valence electrons. The Morgan fingerprint density at radius 1 is 1.33 bits per heavy atom. The van der Waals surface area contributed by atoms with E-state index in [1.54, 1.807) is 0 Å². The summed E-state index contributed by atoms with van der Waals surface area (Å²) in [7, 11) is 0. The van der Waals surface area contributed by atoms with Crippen LogP contribution in [-0.2, 0) is 13.1 Å². The van der Waals surface area contributed by atoms with Gasteiger partial charge in [0.25, 0.3) is 0 Å². The van der Waals surface area contributed by atoms with Gasteiger partial charge in [-0.3, -0.25) is 4.68 Å². The average molecular weight is 209 g/mol. The molecule has 1 N–H and O–H groups in total. The Balaban J connectivity index is 2.78. The predicted octanol–water partition coefficient (Wildman–Crippen LogP) is 2.41. The maximum atomic E-state index is 4.55. The molecule has 0 radical (unpaired) electrons. The quantitative estimate of drug-likeness (QED) is 0.807. The zero-order valence-electron chi connectivity index (χ0n) is 10.6. The van der Waals surface area contributed by atoms with Gasteiger partial charge in [-0.05, 0) is 20.3 Å². The van der Waals surface area contributed by atoms with Crippen LogP contribution in [0, 0.1) is 13.8 Å². The molecule has 0 aliphatic rings. The van der Waals surface area contributed by atoms with E-state index in [1.807, 2.05) is 0 Å². The largest absolute Gasteiger partial charge is 0.310 e. The second kappa shape index (κ2) is 5.31.